The number of aliphatic hydroxyl groups excluding tert-OH is 1. The average Bonchev–Trinajstić information content (AvgIpc) is 2.72. The Bertz CT molecular complexity index is 909. The van der Waals surface area contributed by atoms with E-state index in [2.05, 4.69) is 5.32 Å². The lowest BCUT2D eigenvalue weighted by Crippen LogP contribution is -2.52. The van der Waals surface area contributed by atoms with Crippen molar-refractivity contribution in [2.75, 3.05) is 19.7 Å². The first-order chi connectivity index (χ1) is 14.7. The van der Waals surface area contributed by atoms with Crippen LogP contribution in [0.3, 0.4) is 0 Å². The third-order valence-corrected chi connectivity index (χ3v) is 4.72. The molecule has 0 aromatic heterocycles. The second kappa shape index (κ2) is 11.3. The quantitative estimate of drug-likeness (QED) is 0.499. The van der Waals surface area contributed by atoms with E-state index in [-0.39, 0.29) is 32.0 Å². The molecule has 8 heteroatoms. The van der Waals surface area contributed by atoms with E-state index in [9.17, 15) is 19.5 Å². The molecule has 0 aliphatic heterocycles. The average molecular weight is 431 g/mol. The highest BCUT2D eigenvalue weighted by Crippen LogP contribution is 2.20. The van der Waals surface area contributed by atoms with Crippen molar-refractivity contribution < 1.29 is 29.3 Å². The number of rotatable bonds is 10. The van der Waals surface area contributed by atoms with Crippen LogP contribution in [-0.4, -0.2) is 64.9 Å². The summed E-state index contributed by atoms with van der Waals surface area (Å²) in [6, 6.07) is 11.9. The van der Waals surface area contributed by atoms with Gasteiger partial charge in [-0.1, -0.05) is 56.3 Å². The summed E-state index contributed by atoms with van der Waals surface area (Å²) in [7, 11) is 0. The largest absolute Gasteiger partial charge is 0.479 e. The van der Waals surface area contributed by atoms with Gasteiger partial charge in [0, 0.05) is 13.0 Å². The Morgan fingerprint density at radius 2 is 1.74 bits per heavy atom. The van der Waals surface area contributed by atoms with Gasteiger partial charge >= 0.3 is 18.0 Å². The zero-order valence-corrected chi connectivity index (χ0v) is 18.1. The molecule has 2 rings (SSSR count). The second-order valence-electron chi connectivity index (χ2n) is 7.75. The lowest BCUT2D eigenvalue weighted by atomic mass is 9.99. The van der Waals surface area contributed by atoms with Crippen molar-refractivity contribution in [1.29, 1.82) is 0 Å². The lowest BCUT2D eigenvalue weighted by molar-refractivity contribution is -0.148. The van der Waals surface area contributed by atoms with E-state index in [1.807, 2.05) is 56.3 Å². The summed E-state index contributed by atoms with van der Waals surface area (Å²) in [4.78, 5) is 37.8. The molecule has 0 aliphatic rings. The smallest absolute Gasteiger partial charge is 0.334 e. The SMILES string of the molecule is CCOC(=O)[C@H](Cc1cccc2ccccc12)NC(=O)N(CC(C)C)CC(O)C(=O)O. The Kier molecular flexibility index (Phi) is 8.81. The van der Waals surface area contributed by atoms with Crippen molar-refractivity contribution in [3.63, 3.8) is 0 Å². The summed E-state index contributed by atoms with van der Waals surface area (Å²) < 4.78 is 5.15. The number of aliphatic carboxylic acids is 1. The van der Waals surface area contributed by atoms with Crippen molar-refractivity contribution in [3.05, 3.63) is 48.0 Å². The second-order valence-corrected chi connectivity index (χ2v) is 7.75. The van der Waals surface area contributed by atoms with Crippen LogP contribution >= 0.6 is 0 Å². The Labute approximate surface area is 181 Å². The van der Waals surface area contributed by atoms with Gasteiger partial charge in [-0.2, -0.15) is 0 Å². The Hall–Kier alpha value is -3.13. The molecule has 0 fully saturated rings. The van der Waals surface area contributed by atoms with Crippen LogP contribution in [0.15, 0.2) is 42.5 Å². The Morgan fingerprint density at radius 1 is 1.06 bits per heavy atom. The zero-order valence-electron chi connectivity index (χ0n) is 18.1. The molecule has 8 nitrogen and oxygen atoms in total. The van der Waals surface area contributed by atoms with Crippen LogP contribution in [0.4, 0.5) is 4.79 Å². The van der Waals surface area contributed by atoms with E-state index in [1.54, 1.807) is 6.92 Å². The van der Waals surface area contributed by atoms with Crippen LogP contribution in [-0.2, 0) is 20.7 Å². The molecule has 0 aliphatic carbocycles. The summed E-state index contributed by atoms with van der Waals surface area (Å²) in [5, 5.41) is 23.4. The molecule has 2 atom stereocenters. The molecule has 31 heavy (non-hydrogen) atoms. The van der Waals surface area contributed by atoms with Crippen LogP contribution in [0, 0.1) is 5.92 Å². The first-order valence-corrected chi connectivity index (χ1v) is 10.3. The minimum Gasteiger partial charge on any atom is -0.479 e. The molecular weight excluding hydrogens is 400 g/mol. The van der Waals surface area contributed by atoms with Crippen molar-refractivity contribution in [3.8, 4) is 0 Å². The maximum atomic E-state index is 12.9. The van der Waals surface area contributed by atoms with Crippen LogP contribution in [0.5, 0.6) is 0 Å². The highest BCUT2D eigenvalue weighted by molar-refractivity contribution is 5.88. The molecule has 3 N–H and O–H groups in total. The van der Waals surface area contributed by atoms with E-state index in [0.29, 0.717) is 0 Å². The van der Waals surface area contributed by atoms with Gasteiger partial charge in [-0.05, 0) is 29.2 Å². The number of esters is 1. The number of hydrogen-bond acceptors (Lipinski definition) is 5. The number of hydrogen-bond donors (Lipinski definition) is 3. The van der Waals surface area contributed by atoms with Gasteiger partial charge in [-0.15, -0.1) is 0 Å². The molecule has 2 aromatic rings. The standard InChI is InChI=1S/C23H30N2O6/c1-4-31-22(29)19(12-17-10-7-9-16-8-5-6-11-18(16)17)24-23(30)25(13-15(2)3)14-20(26)21(27)28/h5-11,15,19-20,26H,4,12-14H2,1-3H3,(H,24,30)(H,27,28)/t19-,20?/m0/s1. The van der Waals surface area contributed by atoms with Gasteiger partial charge < -0.3 is 25.2 Å². The highest BCUT2D eigenvalue weighted by Gasteiger charge is 2.28. The topological polar surface area (TPSA) is 116 Å². The van der Waals surface area contributed by atoms with E-state index in [0.717, 1.165) is 16.3 Å². The summed E-state index contributed by atoms with van der Waals surface area (Å²) in [5.41, 5.74) is 0.873. The molecule has 2 aromatic carbocycles. The van der Waals surface area contributed by atoms with Crippen LogP contribution in [0.2, 0.25) is 0 Å². The van der Waals surface area contributed by atoms with Gasteiger partial charge in [-0.3, -0.25) is 0 Å². The molecule has 168 valence electrons. The molecule has 2 amide bonds. The molecule has 0 spiro atoms. The molecule has 0 heterocycles. The van der Waals surface area contributed by atoms with Crippen LogP contribution in [0.25, 0.3) is 10.8 Å². The molecule has 0 saturated carbocycles. The van der Waals surface area contributed by atoms with Crippen molar-refractivity contribution >= 4 is 28.7 Å². The summed E-state index contributed by atoms with van der Waals surface area (Å²) in [6.45, 7) is 5.42. The van der Waals surface area contributed by atoms with E-state index in [1.165, 1.54) is 4.90 Å². The molecular formula is C23H30N2O6. The van der Waals surface area contributed by atoms with E-state index < -0.39 is 30.1 Å². The monoisotopic (exact) mass is 430 g/mol. The minimum atomic E-state index is -1.72. The van der Waals surface area contributed by atoms with E-state index >= 15 is 0 Å². The number of urea groups is 1. The van der Waals surface area contributed by atoms with Gasteiger partial charge in [0.05, 0.1) is 13.2 Å². The fraction of sp³-hybridized carbons (Fsp3) is 0.435. The number of ether oxygens (including phenoxy) is 1. The molecule has 0 bridgehead atoms. The molecule has 0 saturated heterocycles. The first-order valence-electron chi connectivity index (χ1n) is 10.3. The third kappa shape index (κ3) is 6.96. The zero-order chi connectivity index (χ0) is 23.0. The number of fused-ring (bicyclic) bond motifs is 1. The number of carboxylic acids is 1. The van der Waals surface area contributed by atoms with Crippen molar-refractivity contribution in [2.45, 2.75) is 39.3 Å². The van der Waals surface area contributed by atoms with Crippen molar-refractivity contribution in [1.82, 2.24) is 10.2 Å². The van der Waals surface area contributed by atoms with E-state index in [4.69, 9.17) is 9.84 Å². The number of carbonyl (C=O) groups is 3. The predicted octanol–water partition coefficient (Wildman–Crippen LogP) is 2.43. The van der Waals surface area contributed by atoms with Gasteiger partial charge in [-0.25, -0.2) is 14.4 Å². The number of aliphatic hydroxyl groups is 1. The van der Waals surface area contributed by atoms with Gasteiger partial charge in [0.2, 0.25) is 0 Å². The van der Waals surface area contributed by atoms with Crippen LogP contribution < -0.4 is 5.32 Å². The first kappa shape index (κ1) is 24.1. The number of carboxylic acid groups (broad SMARTS) is 1. The molecule has 1 unspecified atom stereocenters. The number of nitrogens with one attached hydrogen (secondary N) is 1. The summed E-state index contributed by atoms with van der Waals surface area (Å²) in [5.74, 6) is -1.96. The Balaban J connectivity index is 2.26. The third-order valence-electron chi connectivity index (χ3n) is 4.72. The Morgan fingerprint density at radius 3 is 2.39 bits per heavy atom. The highest BCUT2D eigenvalue weighted by atomic mass is 16.5. The number of amides is 2. The van der Waals surface area contributed by atoms with Gasteiger partial charge in [0.25, 0.3) is 0 Å². The van der Waals surface area contributed by atoms with Gasteiger partial charge in [0.15, 0.2) is 6.10 Å². The predicted molar refractivity (Wildman–Crippen MR) is 117 cm³/mol. The van der Waals surface area contributed by atoms with Crippen molar-refractivity contribution in [2.24, 2.45) is 5.92 Å². The lowest BCUT2D eigenvalue weighted by Gasteiger charge is -2.28. The maximum Gasteiger partial charge on any atom is 0.334 e. The molecule has 0 radical (unpaired) electrons. The number of carbonyl (C=O) groups excluding carboxylic acids is 2. The summed E-state index contributed by atoms with van der Waals surface area (Å²) in [6.07, 6.45) is -1.51. The number of benzene rings is 2. The normalized spacial score (nSPS) is 12.9. The fourth-order valence-electron chi connectivity index (χ4n) is 3.33. The summed E-state index contributed by atoms with van der Waals surface area (Å²) >= 11 is 0. The number of nitrogens with zero attached hydrogens (tertiary/aromatic N) is 1. The van der Waals surface area contributed by atoms with Gasteiger partial charge in [0.1, 0.15) is 6.04 Å². The maximum absolute atomic E-state index is 12.9. The minimum absolute atomic E-state index is 0.0332. The van der Waals surface area contributed by atoms with Crippen LogP contribution in [0.1, 0.15) is 26.3 Å². The fourth-order valence-corrected chi connectivity index (χ4v) is 3.33.